The Hall–Kier alpha value is -4.00. The highest BCUT2D eigenvalue weighted by Crippen LogP contribution is 2.38. The number of aliphatic carboxylic acids is 1. The molecule has 0 aromatic heterocycles. The normalized spacial score (nSPS) is 23.9. The predicted molar refractivity (Wildman–Crippen MR) is 151 cm³/mol. The number of alkyl halides is 4. The first kappa shape index (κ1) is 35.2. The molecule has 0 saturated carbocycles. The Morgan fingerprint density at radius 2 is 1.14 bits per heavy atom. The molecule has 2 aliphatic rings. The average molecular weight is 611 g/mol. The number of benzene rings is 2. The number of rotatable bonds is 5. The van der Waals surface area contributed by atoms with Crippen molar-refractivity contribution in [1.29, 1.82) is 0 Å². The molecule has 2 aromatic rings. The van der Waals surface area contributed by atoms with Gasteiger partial charge in [0.2, 0.25) is 11.8 Å². The minimum atomic E-state index is -3.58. The molecule has 0 aliphatic carbocycles. The van der Waals surface area contributed by atoms with Gasteiger partial charge in [-0.15, -0.1) is 0 Å². The van der Waals surface area contributed by atoms with E-state index < -0.39 is 46.6 Å². The van der Waals surface area contributed by atoms with Gasteiger partial charge in [0.1, 0.15) is 0 Å². The zero-order valence-electron chi connectivity index (χ0n) is 24.8. The third kappa shape index (κ3) is 8.53. The zero-order chi connectivity index (χ0) is 33.0. The van der Waals surface area contributed by atoms with Crippen molar-refractivity contribution < 1.29 is 41.8 Å². The first-order chi connectivity index (χ1) is 19.6. The van der Waals surface area contributed by atoms with E-state index >= 15 is 0 Å². The van der Waals surface area contributed by atoms with E-state index in [0.717, 1.165) is 11.1 Å². The quantitative estimate of drug-likeness (QED) is 0.324. The molecule has 3 amide bonds. The van der Waals surface area contributed by atoms with Crippen LogP contribution < -0.4 is 21.7 Å². The topological polar surface area (TPSA) is 151 Å². The summed E-state index contributed by atoms with van der Waals surface area (Å²) >= 11 is 0. The molecule has 6 N–H and O–H groups in total. The van der Waals surface area contributed by atoms with Gasteiger partial charge in [-0.3, -0.25) is 14.4 Å². The van der Waals surface area contributed by atoms with Crippen LogP contribution in [0.5, 0.6) is 0 Å². The molecule has 9 nitrogen and oxygen atoms in total. The lowest BCUT2D eigenvalue weighted by molar-refractivity contribution is -0.162. The summed E-state index contributed by atoms with van der Waals surface area (Å²) in [5.41, 5.74) is 6.48. The maximum Gasteiger partial charge on any atom is 0.374 e. The molecule has 43 heavy (non-hydrogen) atoms. The zero-order valence-corrected chi connectivity index (χ0v) is 24.8. The maximum absolute atomic E-state index is 13.1. The highest BCUT2D eigenvalue weighted by atomic mass is 19.3. The van der Waals surface area contributed by atoms with E-state index in [0.29, 0.717) is 13.8 Å². The largest absolute Gasteiger partial charge is 0.477 e. The summed E-state index contributed by atoms with van der Waals surface area (Å²) < 4.78 is 48.8. The molecule has 0 radical (unpaired) electrons. The van der Waals surface area contributed by atoms with E-state index in [4.69, 9.17) is 10.8 Å². The number of halogens is 4. The summed E-state index contributed by atoms with van der Waals surface area (Å²) in [6, 6.07) is 17.3. The van der Waals surface area contributed by atoms with Gasteiger partial charge in [-0.2, -0.15) is 17.6 Å². The van der Waals surface area contributed by atoms with Crippen LogP contribution in [-0.4, -0.2) is 52.7 Å². The predicted octanol–water partition coefficient (Wildman–Crippen LogP) is 3.96. The summed E-state index contributed by atoms with van der Waals surface area (Å²) in [7, 11) is 0. The third-order valence-electron chi connectivity index (χ3n) is 7.43. The summed E-state index contributed by atoms with van der Waals surface area (Å²) in [6.45, 7) is 7.90. The van der Waals surface area contributed by atoms with Crippen molar-refractivity contribution in [2.45, 2.75) is 77.6 Å². The molecule has 0 bridgehead atoms. The van der Waals surface area contributed by atoms with Crippen molar-refractivity contribution in [2.24, 2.45) is 16.6 Å². The van der Waals surface area contributed by atoms with Crippen LogP contribution in [0.25, 0.3) is 0 Å². The van der Waals surface area contributed by atoms with Gasteiger partial charge >= 0.3 is 17.8 Å². The second-order valence-corrected chi connectivity index (χ2v) is 11.7. The minimum Gasteiger partial charge on any atom is -0.477 e. The number of nitrogens with one attached hydrogen (secondary N) is 3. The van der Waals surface area contributed by atoms with E-state index in [2.05, 4.69) is 16.0 Å². The number of hydrogen-bond acceptors (Lipinski definition) is 5. The molecule has 4 atom stereocenters. The molecular formula is C30H38F4N4O5. The smallest absolute Gasteiger partial charge is 0.374 e. The van der Waals surface area contributed by atoms with Crippen LogP contribution in [0.4, 0.5) is 17.6 Å². The van der Waals surface area contributed by atoms with Crippen LogP contribution in [0.1, 0.15) is 64.8 Å². The molecule has 2 aromatic carbocycles. The van der Waals surface area contributed by atoms with Crippen LogP contribution >= 0.6 is 0 Å². The Morgan fingerprint density at radius 3 is 1.49 bits per heavy atom. The standard InChI is InChI=1S/C15H18F2N2O2.C12H16N2O.C3H4F2O2/c1-14(2)11(19-13(21)15(3,16)17)10(18-12(14)20)9-7-5-4-6-8-9;1-12(2)10(13)9(14-11(12)15)8-6-4-3-5-7-8;1-3(4,5)2(6)7/h4-8,10-11H,1-3H3,(H,18,20)(H,19,21);3-7,9-10H,13H2,1-2H3,(H,14,15);1H3,(H,6,7)/t10-,11-;9-,10-;/m11./s1. The van der Waals surface area contributed by atoms with Crippen LogP contribution in [0.3, 0.4) is 0 Å². The van der Waals surface area contributed by atoms with E-state index in [9.17, 15) is 36.7 Å². The fourth-order valence-electron chi connectivity index (χ4n) is 4.37. The Morgan fingerprint density at radius 1 is 0.767 bits per heavy atom. The highest BCUT2D eigenvalue weighted by Gasteiger charge is 2.51. The van der Waals surface area contributed by atoms with Crippen molar-refractivity contribution in [3.8, 4) is 0 Å². The van der Waals surface area contributed by atoms with Crippen LogP contribution in [0.15, 0.2) is 60.7 Å². The van der Waals surface area contributed by atoms with Crippen LogP contribution in [-0.2, 0) is 19.2 Å². The van der Waals surface area contributed by atoms with E-state index in [1.807, 2.05) is 50.2 Å². The molecule has 2 fully saturated rings. The third-order valence-corrected chi connectivity index (χ3v) is 7.43. The lowest BCUT2D eigenvalue weighted by Crippen LogP contribution is -2.51. The summed E-state index contributed by atoms with van der Waals surface area (Å²) in [6.07, 6.45) is 0. The Bertz CT molecular complexity index is 1300. The number of amides is 3. The average Bonchev–Trinajstić information content (AvgIpc) is 3.27. The lowest BCUT2D eigenvalue weighted by Gasteiger charge is -2.29. The second-order valence-electron chi connectivity index (χ2n) is 11.7. The molecular weight excluding hydrogens is 572 g/mol. The summed E-state index contributed by atoms with van der Waals surface area (Å²) in [4.78, 5) is 44.6. The Labute approximate surface area is 247 Å². The maximum atomic E-state index is 13.1. The molecule has 2 heterocycles. The first-order valence-electron chi connectivity index (χ1n) is 13.4. The number of carbonyl (C=O) groups excluding carboxylic acids is 3. The number of hydrogen-bond donors (Lipinski definition) is 5. The Kier molecular flexibility index (Phi) is 10.7. The Balaban J connectivity index is 0.000000255. The molecule has 13 heteroatoms. The van der Waals surface area contributed by atoms with Gasteiger partial charge in [0.25, 0.3) is 5.91 Å². The van der Waals surface area contributed by atoms with E-state index in [1.54, 1.807) is 38.1 Å². The first-order valence-corrected chi connectivity index (χ1v) is 13.4. The van der Waals surface area contributed by atoms with Gasteiger partial charge in [-0.1, -0.05) is 60.7 Å². The molecule has 0 unspecified atom stereocenters. The van der Waals surface area contributed by atoms with Crippen LogP contribution in [0.2, 0.25) is 0 Å². The van der Waals surface area contributed by atoms with E-state index in [-0.39, 0.29) is 23.9 Å². The molecule has 236 valence electrons. The number of carboxylic acids is 1. The van der Waals surface area contributed by atoms with Gasteiger partial charge in [0.15, 0.2) is 0 Å². The van der Waals surface area contributed by atoms with Crippen LogP contribution in [0, 0.1) is 10.8 Å². The van der Waals surface area contributed by atoms with Gasteiger partial charge < -0.3 is 26.8 Å². The minimum absolute atomic E-state index is 0.0313. The highest BCUT2D eigenvalue weighted by molar-refractivity contribution is 5.89. The summed E-state index contributed by atoms with van der Waals surface area (Å²) in [5, 5.41) is 15.5. The van der Waals surface area contributed by atoms with Gasteiger partial charge in [-0.25, -0.2) is 4.79 Å². The van der Waals surface area contributed by atoms with Gasteiger partial charge in [0, 0.05) is 19.9 Å². The van der Waals surface area contributed by atoms with E-state index in [1.165, 1.54) is 0 Å². The lowest BCUT2D eigenvalue weighted by atomic mass is 9.82. The number of nitrogens with two attached hydrogens (primary N) is 1. The van der Waals surface area contributed by atoms with Crippen molar-refractivity contribution in [3.63, 3.8) is 0 Å². The van der Waals surface area contributed by atoms with Gasteiger partial charge in [0.05, 0.1) is 29.0 Å². The SMILES string of the molecule is CC(F)(F)C(=O)N[C@@H]1[C@@H](c2ccccc2)NC(=O)C1(C)C.CC(F)(F)C(=O)O.CC1(C)C(=O)N[C@H](c2ccccc2)[C@H]1N. The molecule has 2 saturated heterocycles. The summed E-state index contributed by atoms with van der Waals surface area (Å²) in [5.74, 6) is -10.8. The van der Waals surface area contributed by atoms with Crippen molar-refractivity contribution in [1.82, 2.24) is 16.0 Å². The van der Waals surface area contributed by atoms with Crippen molar-refractivity contribution in [2.75, 3.05) is 0 Å². The van der Waals surface area contributed by atoms with Gasteiger partial charge in [-0.05, 0) is 38.8 Å². The fraction of sp³-hybridized carbons (Fsp3) is 0.467. The molecule has 4 rings (SSSR count). The van der Waals surface area contributed by atoms with Crippen molar-refractivity contribution in [3.05, 3.63) is 71.8 Å². The molecule has 0 spiro atoms. The number of carboxylic acid groups (broad SMARTS) is 1. The number of carbonyl (C=O) groups is 4. The molecule has 2 aliphatic heterocycles. The fourth-order valence-corrected chi connectivity index (χ4v) is 4.37. The second kappa shape index (κ2) is 13.1. The monoisotopic (exact) mass is 610 g/mol. The van der Waals surface area contributed by atoms with Crippen molar-refractivity contribution >= 4 is 23.7 Å².